The number of ether oxygens (including phenoxy) is 1. The molecule has 0 spiro atoms. The zero-order valence-electron chi connectivity index (χ0n) is 48.3. The Morgan fingerprint density at radius 2 is 0.449 bits per heavy atom. The first-order chi connectivity index (χ1) is 29.2. The topological polar surface area (TPSA) is 51.5 Å². The van der Waals surface area contributed by atoms with E-state index in [-0.39, 0.29) is 64.7 Å². The van der Waals surface area contributed by atoms with E-state index in [4.69, 9.17) is 56.6 Å². The second-order valence-electron chi connectivity index (χ2n) is 29.4. The van der Waals surface area contributed by atoms with E-state index in [0.717, 1.165) is 66.5 Å². The Bertz CT molecular complexity index is 1130. The van der Waals surface area contributed by atoms with Crippen LogP contribution in [0.1, 0.15) is 129 Å². The van der Waals surface area contributed by atoms with Gasteiger partial charge in [0.2, 0.25) is 0 Å². The van der Waals surface area contributed by atoms with Gasteiger partial charge in [-0.1, -0.05) is 225 Å². The molecule has 12 bridgehead atoms. The van der Waals surface area contributed by atoms with Crippen molar-refractivity contribution < 1.29 is 55.9 Å². The van der Waals surface area contributed by atoms with E-state index in [1.54, 1.807) is 0 Å². The van der Waals surface area contributed by atoms with Crippen molar-refractivity contribution in [2.24, 2.45) is 53.3 Å². The summed E-state index contributed by atoms with van der Waals surface area (Å²) >= 11 is 17.1. The van der Waals surface area contributed by atoms with Crippen LogP contribution in [0.3, 0.4) is 0 Å². The minimum absolute atomic E-state index is 0. The molecule has 69 heavy (non-hydrogen) atoms. The van der Waals surface area contributed by atoms with Crippen LogP contribution in [0.5, 0.6) is 0 Å². The summed E-state index contributed by atoms with van der Waals surface area (Å²) in [6, 6.07) is 0. The molecule has 12 rings (SSSR count). The number of nitrogens with zero attached hydrogens (tertiary/aromatic N) is 3. The molecule has 12 fully saturated rings. The quantitative estimate of drug-likeness (QED) is 0.180. The van der Waals surface area contributed by atoms with Gasteiger partial charge in [-0.25, -0.2) is 0 Å². The molecule has 4 nitrogen and oxygen atoms in total. The molecule has 0 N–H and O–H groups in total. The van der Waals surface area contributed by atoms with Crippen molar-refractivity contribution in [3.05, 3.63) is 13.9 Å². The van der Waals surface area contributed by atoms with E-state index < -0.39 is 49.4 Å². The Balaban J connectivity index is 0. The molecule has 0 heterocycles. The van der Waals surface area contributed by atoms with Crippen LogP contribution in [-0.2, 0) is 107 Å². The standard InChI is InChI=1S/3C10H16S.3C6H18NSi2.C4H10O.3Fe.S/c3*11-10-4-7-1-8(5-10)3-9(2-7)6-10;3*1-8(2,3)7-9(4,5)6;1-3-5-4-2;;;;/h3*7-9,11H,1-6H2;3*1-6H3;3-4H2,1-2H3;;;;/q;;;3*-1;;+2;2*+3;-2/p-3. The molecule has 0 aromatic rings. The van der Waals surface area contributed by atoms with Crippen LogP contribution >= 0.6 is 0 Å². The van der Waals surface area contributed by atoms with Crippen LogP contribution in [0.15, 0.2) is 0 Å². The third-order valence-electron chi connectivity index (χ3n) is 14.4. The largest absolute Gasteiger partial charge is 3.00 e. The van der Waals surface area contributed by atoms with Gasteiger partial charge in [0.05, 0.1) is 0 Å². The van der Waals surface area contributed by atoms with Crippen LogP contribution in [0.2, 0.25) is 118 Å². The minimum Gasteiger partial charge on any atom is -2.00 e. The van der Waals surface area contributed by atoms with Gasteiger partial charge in [-0.2, -0.15) is 14.2 Å². The second-order valence-corrected chi connectivity index (χ2v) is 60.8. The predicted octanol–water partition coefficient (Wildman–Crippen LogP) is 17.6. The van der Waals surface area contributed by atoms with Gasteiger partial charge in [0, 0.05) is 13.2 Å². The fraction of sp³-hybridized carbons (Fsp3) is 1.00. The fourth-order valence-corrected chi connectivity index (χ4v) is 41.6. The van der Waals surface area contributed by atoms with Crippen LogP contribution in [0.4, 0.5) is 0 Å². The molecule has 410 valence electrons. The van der Waals surface area contributed by atoms with Crippen molar-refractivity contribution >= 4 is 101 Å². The molecule has 12 aliphatic carbocycles. The van der Waals surface area contributed by atoms with Crippen LogP contribution in [0, 0.1) is 53.3 Å². The van der Waals surface area contributed by atoms with Crippen molar-refractivity contribution in [3.8, 4) is 0 Å². The van der Waals surface area contributed by atoms with Crippen LogP contribution in [0.25, 0.3) is 13.9 Å². The maximum atomic E-state index is 5.69. The average Bonchev–Trinajstić information content (AvgIpc) is 2.98. The van der Waals surface area contributed by atoms with Crippen molar-refractivity contribution in [3.63, 3.8) is 0 Å². The Morgan fingerprint density at radius 3 is 0.493 bits per heavy atom. The van der Waals surface area contributed by atoms with Gasteiger partial charge in [-0.05, 0) is 125 Å². The van der Waals surface area contributed by atoms with E-state index in [9.17, 15) is 0 Å². The molecule has 0 unspecified atom stereocenters. The van der Waals surface area contributed by atoms with E-state index in [1.807, 2.05) is 13.8 Å². The maximum Gasteiger partial charge on any atom is 3.00 e. The maximum absolute atomic E-state index is 5.69. The summed E-state index contributed by atoms with van der Waals surface area (Å²) < 4.78 is 20.4. The van der Waals surface area contributed by atoms with Gasteiger partial charge in [-0.15, -0.1) is 0 Å². The molecule has 12 aliphatic rings. The zero-order valence-corrected chi connectivity index (χ0v) is 60.9. The first-order valence-corrected chi connectivity index (χ1v) is 49.1. The van der Waals surface area contributed by atoms with Gasteiger partial charge < -0.3 is 70.1 Å². The van der Waals surface area contributed by atoms with E-state index >= 15 is 0 Å². The molecule has 12 saturated carbocycles. The first-order valence-electron chi connectivity index (χ1n) is 27.2. The fourth-order valence-electron chi connectivity index (χ4n) is 15.3. The third-order valence-corrected chi connectivity index (χ3v) is 32.0. The second kappa shape index (κ2) is 30.6. The number of hydrogen-bond donors (Lipinski definition) is 0. The first kappa shape index (κ1) is 75.2. The normalized spacial score (nSPS) is 34.9. The Labute approximate surface area is 493 Å². The number of rotatable bonds is 8. The van der Waals surface area contributed by atoms with Gasteiger partial charge >= 0.3 is 51.2 Å². The molecule has 17 heteroatoms. The van der Waals surface area contributed by atoms with Crippen molar-refractivity contribution in [1.29, 1.82) is 0 Å². The minimum atomic E-state index is -1.11. The van der Waals surface area contributed by atoms with E-state index in [2.05, 4.69) is 118 Å². The summed E-state index contributed by atoms with van der Waals surface area (Å²) in [7, 11) is -6.64. The van der Waals surface area contributed by atoms with Gasteiger partial charge in [-0.3, -0.25) is 0 Å². The molecule has 0 aromatic carbocycles. The summed E-state index contributed by atoms with van der Waals surface area (Å²) in [5.41, 5.74) is 0. The summed E-state index contributed by atoms with van der Waals surface area (Å²) in [4.78, 5) is 0. The van der Waals surface area contributed by atoms with Crippen LogP contribution < -0.4 is 0 Å². The zero-order chi connectivity index (χ0) is 49.7. The monoisotopic (exact) mass is 1260 g/mol. The SMILES string of the molecule is CCOCC.C[Si](C)(C)[N-][Si](C)(C)C.C[Si](C)(C)[N-][Si](C)(C)C.C[Si](C)(C)[N-][Si](C)(C)C.[Fe+2].[Fe+3].[Fe+3].[S-2].[S-]C12CC3CC(CC(C3)C1)C2.[S-]C12CC3CC(CC(C3)C1)C2.[S-]C12CC3CC(CC(C3)C1)C2. The summed E-state index contributed by atoms with van der Waals surface area (Å²) in [6.45, 7) is 47.0. The summed E-state index contributed by atoms with van der Waals surface area (Å²) in [5, 5.41) is 0. The Hall–Kier alpha value is 4.10. The van der Waals surface area contributed by atoms with Gasteiger partial charge in [0.15, 0.2) is 0 Å². The third kappa shape index (κ3) is 32.1. The van der Waals surface area contributed by atoms with Crippen LogP contribution in [-0.4, -0.2) is 76.9 Å². The smallest absolute Gasteiger partial charge is 2.00 e. The number of hydrogen-bond acceptors (Lipinski definition) is 4. The van der Waals surface area contributed by atoms with Crippen molar-refractivity contribution in [2.45, 2.75) is 262 Å². The van der Waals surface area contributed by atoms with Gasteiger partial charge in [0.25, 0.3) is 0 Å². The summed E-state index contributed by atoms with van der Waals surface area (Å²) in [5.74, 6) is 9.36. The molecule has 0 amide bonds. The molecular formula is C52H109Fe3N3OS4Si6. The molecule has 0 aromatic heterocycles. The predicted molar refractivity (Wildman–Crippen MR) is 324 cm³/mol. The molecular weight excluding hydrogens is 1150 g/mol. The van der Waals surface area contributed by atoms with Crippen molar-refractivity contribution in [2.75, 3.05) is 13.2 Å². The van der Waals surface area contributed by atoms with E-state index in [1.165, 1.54) is 116 Å². The van der Waals surface area contributed by atoms with Crippen molar-refractivity contribution in [1.82, 2.24) is 0 Å². The molecule has 0 saturated heterocycles. The average molecular weight is 1260 g/mol. The molecule has 0 atom stereocenters. The Morgan fingerprint density at radius 1 is 0.333 bits per heavy atom. The summed E-state index contributed by atoms with van der Waals surface area (Å²) in [6.07, 6.45) is 26.2. The Kier molecular flexibility index (Phi) is 33.4. The molecule has 0 aliphatic heterocycles. The van der Waals surface area contributed by atoms with E-state index in [0.29, 0.717) is 14.2 Å². The molecule has 2 radical (unpaired) electrons. The van der Waals surface area contributed by atoms with Gasteiger partial charge in [0.1, 0.15) is 0 Å².